The first-order valence-electron chi connectivity index (χ1n) is 21.3. The van der Waals surface area contributed by atoms with E-state index in [1.165, 1.54) is 80.2 Å². The second-order valence-corrected chi connectivity index (χ2v) is 18.0. The average molecular weight is 839 g/mol. The molecule has 2 heterocycles. The van der Waals surface area contributed by atoms with Crippen molar-refractivity contribution >= 4 is 80.9 Å². The van der Waals surface area contributed by atoms with Gasteiger partial charge in [-0.2, -0.15) is 0 Å². The lowest BCUT2D eigenvalue weighted by Gasteiger charge is -2.27. The van der Waals surface area contributed by atoms with E-state index in [1.807, 2.05) is 11.3 Å². The summed E-state index contributed by atoms with van der Waals surface area (Å²) in [4.78, 5) is 7.72. The number of fused-ring (bicyclic) bond motifs is 6. The fourth-order valence-corrected chi connectivity index (χ4v) is 11.2. The van der Waals surface area contributed by atoms with Crippen molar-refractivity contribution in [1.29, 1.82) is 0 Å². The molecular formula is C59H38N2S2. The van der Waals surface area contributed by atoms with E-state index in [1.54, 1.807) is 11.3 Å². The molecule has 2 aromatic heterocycles. The molecule has 2 nitrogen and oxygen atoms in total. The Hall–Kier alpha value is -7.63. The highest BCUT2D eigenvalue weighted by Crippen LogP contribution is 2.46. The van der Waals surface area contributed by atoms with Gasteiger partial charge in [0.25, 0.3) is 0 Å². The molecule has 0 amide bonds. The van der Waals surface area contributed by atoms with E-state index < -0.39 is 0 Å². The summed E-state index contributed by atoms with van der Waals surface area (Å²) in [6, 6.07) is 83.5. The molecule has 0 N–H and O–H groups in total. The Balaban J connectivity index is 0.944. The van der Waals surface area contributed by atoms with Gasteiger partial charge in [0.1, 0.15) is 5.01 Å². The standard InChI is InChI=1S/C59H38N2S2/c1-3-12-39(13-4-1)42-24-27-44(28-25-42)59-60-57-55(63-59)35-34-54-56(57)53-23-11-22-52(58(53)62-54)48-19-10-21-51(38-48)61(50-20-9-18-46(37-50)40-14-5-2-6-15-40)49-32-30-43(31-33-49)47-29-26-41-16-7-8-17-45(41)36-47/h1-38H. The van der Waals surface area contributed by atoms with Gasteiger partial charge in [-0.3, -0.25) is 0 Å². The first kappa shape index (κ1) is 37.2. The molecule has 0 radical (unpaired) electrons. The van der Waals surface area contributed by atoms with Gasteiger partial charge in [-0.25, -0.2) is 4.98 Å². The summed E-state index contributed by atoms with van der Waals surface area (Å²) in [5.41, 5.74) is 15.1. The number of anilines is 3. The molecule has 296 valence electrons. The van der Waals surface area contributed by atoms with Crippen LogP contribution < -0.4 is 4.90 Å². The van der Waals surface area contributed by atoms with E-state index in [0.717, 1.165) is 33.1 Å². The maximum absolute atomic E-state index is 5.33. The molecule has 0 atom stereocenters. The predicted molar refractivity (Wildman–Crippen MR) is 272 cm³/mol. The molecule has 0 fully saturated rings. The summed E-state index contributed by atoms with van der Waals surface area (Å²) in [5, 5.41) is 6.02. The zero-order chi connectivity index (χ0) is 41.7. The molecule has 10 aromatic carbocycles. The zero-order valence-electron chi connectivity index (χ0n) is 34.2. The molecule has 0 bridgehead atoms. The van der Waals surface area contributed by atoms with Gasteiger partial charge in [-0.15, -0.1) is 22.7 Å². The SMILES string of the molecule is c1ccc(-c2ccc(-c3nc4c(ccc5sc6c(-c7cccc(N(c8ccc(-c9ccc%10ccccc%10c9)cc8)c8cccc(-c9ccccc9)c8)c7)cccc6c54)s3)cc2)cc1. The van der Waals surface area contributed by atoms with E-state index >= 15 is 0 Å². The molecule has 0 aliphatic rings. The summed E-state index contributed by atoms with van der Waals surface area (Å²) in [6.45, 7) is 0. The minimum atomic E-state index is 1.04. The molecule has 4 heteroatoms. The van der Waals surface area contributed by atoms with Crippen molar-refractivity contribution in [2.75, 3.05) is 4.90 Å². The second kappa shape index (κ2) is 15.7. The molecule has 0 aliphatic heterocycles. The lowest BCUT2D eigenvalue weighted by atomic mass is 9.99. The van der Waals surface area contributed by atoms with Gasteiger partial charge in [0.2, 0.25) is 0 Å². The van der Waals surface area contributed by atoms with Crippen molar-refractivity contribution in [2.24, 2.45) is 0 Å². The Morgan fingerprint density at radius 2 is 0.873 bits per heavy atom. The highest BCUT2D eigenvalue weighted by Gasteiger charge is 2.19. The largest absolute Gasteiger partial charge is 0.310 e. The van der Waals surface area contributed by atoms with Crippen molar-refractivity contribution in [3.05, 3.63) is 231 Å². The number of hydrogen-bond acceptors (Lipinski definition) is 4. The molecule has 0 aliphatic carbocycles. The quantitative estimate of drug-likeness (QED) is 0.152. The van der Waals surface area contributed by atoms with Crippen molar-refractivity contribution < 1.29 is 0 Å². The van der Waals surface area contributed by atoms with E-state index in [2.05, 4.69) is 235 Å². The van der Waals surface area contributed by atoms with Crippen LogP contribution in [0.2, 0.25) is 0 Å². The van der Waals surface area contributed by atoms with Crippen LogP contribution in [0.25, 0.3) is 96.2 Å². The van der Waals surface area contributed by atoms with Gasteiger partial charge in [0, 0.05) is 42.8 Å². The fourth-order valence-electron chi connectivity index (χ4n) is 8.95. The van der Waals surface area contributed by atoms with E-state index in [0.29, 0.717) is 0 Å². The molecule has 0 spiro atoms. The van der Waals surface area contributed by atoms with Gasteiger partial charge >= 0.3 is 0 Å². The molecule has 0 saturated carbocycles. The van der Waals surface area contributed by atoms with Crippen LogP contribution in [0.15, 0.2) is 231 Å². The first-order chi connectivity index (χ1) is 31.2. The number of rotatable bonds is 8. The molecular weight excluding hydrogens is 801 g/mol. The molecule has 63 heavy (non-hydrogen) atoms. The van der Waals surface area contributed by atoms with Crippen LogP contribution >= 0.6 is 22.7 Å². The normalized spacial score (nSPS) is 11.5. The Morgan fingerprint density at radius 3 is 1.63 bits per heavy atom. The Morgan fingerprint density at radius 1 is 0.333 bits per heavy atom. The lowest BCUT2D eigenvalue weighted by Crippen LogP contribution is -2.10. The minimum Gasteiger partial charge on any atom is -0.310 e. The van der Waals surface area contributed by atoms with Crippen molar-refractivity contribution in [3.8, 4) is 55.1 Å². The summed E-state index contributed by atoms with van der Waals surface area (Å²) < 4.78 is 3.73. The highest BCUT2D eigenvalue weighted by molar-refractivity contribution is 7.27. The van der Waals surface area contributed by atoms with Crippen LogP contribution in [0, 0.1) is 0 Å². The van der Waals surface area contributed by atoms with Gasteiger partial charge in [0.15, 0.2) is 0 Å². The summed E-state index contributed by atoms with van der Waals surface area (Å²) >= 11 is 3.63. The average Bonchev–Trinajstić information content (AvgIpc) is 3.97. The predicted octanol–water partition coefficient (Wildman–Crippen LogP) is 17.6. The second-order valence-electron chi connectivity index (χ2n) is 15.9. The van der Waals surface area contributed by atoms with Crippen LogP contribution in [0.1, 0.15) is 0 Å². The first-order valence-corrected chi connectivity index (χ1v) is 22.9. The number of thiazole rings is 1. The number of nitrogens with zero attached hydrogens (tertiary/aromatic N) is 2. The third kappa shape index (κ3) is 6.87. The summed E-state index contributed by atoms with van der Waals surface area (Å²) in [7, 11) is 0. The van der Waals surface area contributed by atoms with Crippen LogP contribution in [-0.4, -0.2) is 4.98 Å². The van der Waals surface area contributed by atoms with Crippen molar-refractivity contribution in [3.63, 3.8) is 0 Å². The number of hydrogen-bond donors (Lipinski definition) is 0. The van der Waals surface area contributed by atoms with Gasteiger partial charge in [-0.1, -0.05) is 176 Å². The number of aromatic nitrogens is 1. The van der Waals surface area contributed by atoms with Crippen LogP contribution in [-0.2, 0) is 0 Å². The molecule has 12 aromatic rings. The monoisotopic (exact) mass is 838 g/mol. The Kier molecular flexibility index (Phi) is 9.25. The smallest absolute Gasteiger partial charge is 0.124 e. The summed E-state index contributed by atoms with van der Waals surface area (Å²) in [6.07, 6.45) is 0. The maximum atomic E-state index is 5.33. The van der Waals surface area contributed by atoms with Crippen LogP contribution in [0.5, 0.6) is 0 Å². The van der Waals surface area contributed by atoms with Crippen LogP contribution in [0.4, 0.5) is 17.1 Å². The molecule has 0 saturated heterocycles. The molecule has 12 rings (SSSR count). The third-order valence-electron chi connectivity index (χ3n) is 12.1. The Bertz CT molecular complexity index is 3610. The zero-order valence-corrected chi connectivity index (χ0v) is 35.8. The fraction of sp³-hybridized carbons (Fsp3) is 0. The van der Waals surface area contributed by atoms with E-state index in [9.17, 15) is 0 Å². The van der Waals surface area contributed by atoms with Gasteiger partial charge < -0.3 is 4.90 Å². The van der Waals surface area contributed by atoms with E-state index in [-0.39, 0.29) is 0 Å². The number of thiophene rings is 1. The van der Waals surface area contributed by atoms with Crippen molar-refractivity contribution in [1.82, 2.24) is 4.98 Å². The molecule has 0 unspecified atom stereocenters. The third-order valence-corrected chi connectivity index (χ3v) is 14.4. The number of benzene rings is 10. The Labute approximate surface area is 374 Å². The topological polar surface area (TPSA) is 16.1 Å². The van der Waals surface area contributed by atoms with Crippen LogP contribution in [0.3, 0.4) is 0 Å². The van der Waals surface area contributed by atoms with Gasteiger partial charge in [0.05, 0.1) is 10.2 Å². The van der Waals surface area contributed by atoms with E-state index in [4.69, 9.17) is 4.98 Å². The van der Waals surface area contributed by atoms with Gasteiger partial charge in [-0.05, 0) is 110 Å². The lowest BCUT2D eigenvalue weighted by molar-refractivity contribution is 1.28. The maximum Gasteiger partial charge on any atom is 0.124 e. The van der Waals surface area contributed by atoms with Crippen molar-refractivity contribution in [2.45, 2.75) is 0 Å². The minimum absolute atomic E-state index is 1.04. The summed E-state index contributed by atoms with van der Waals surface area (Å²) in [5.74, 6) is 0. The highest BCUT2D eigenvalue weighted by atomic mass is 32.1.